The SMILES string of the molecule is Cc1cc(N2CCC(C)C2CO)cc(C(=O)O)c1N. The normalized spacial score (nSPS) is 22.8. The molecule has 1 fully saturated rings. The molecule has 5 nitrogen and oxygen atoms in total. The number of nitrogens with two attached hydrogens (primary N) is 1. The second kappa shape index (κ2) is 5.09. The van der Waals surface area contributed by atoms with Crippen LogP contribution in [0, 0.1) is 12.8 Å². The predicted octanol–water partition coefficient (Wildman–Crippen LogP) is 1.48. The number of aliphatic hydroxyl groups is 1. The first kappa shape index (κ1) is 13.7. The minimum absolute atomic E-state index is 0.0460. The van der Waals surface area contributed by atoms with Crippen molar-refractivity contribution in [1.29, 1.82) is 0 Å². The van der Waals surface area contributed by atoms with E-state index in [2.05, 4.69) is 11.8 Å². The topological polar surface area (TPSA) is 86.8 Å². The first-order chi connectivity index (χ1) is 8.95. The Labute approximate surface area is 112 Å². The average Bonchev–Trinajstić information content (AvgIpc) is 2.73. The van der Waals surface area contributed by atoms with Crippen LogP contribution in [-0.4, -0.2) is 35.4 Å². The number of anilines is 2. The van der Waals surface area contributed by atoms with E-state index >= 15 is 0 Å². The summed E-state index contributed by atoms with van der Waals surface area (Å²) in [4.78, 5) is 13.3. The molecule has 19 heavy (non-hydrogen) atoms. The smallest absolute Gasteiger partial charge is 0.337 e. The van der Waals surface area contributed by atoms with Crippen LogP contribution in [-0.2, 0) is 0 Å². The molecule has 0 bridgehead atoms. The van der Waals surface area contributed by atoms with Gasteiger partial charge in [0.25, 0.3) is 0 Å². The van der Waals surface area contributed by atoms with Gasteiger partial charge in [0, 0.05) is 17.9 Å². The number of aryl methyl sites for hydroxylation is 1. The molecule has 0 aliphatic carbocycles. The molecule has 1 aromatic carbocycles. The minimum Gasteiger partial charge on any atom is -0.478 e. The predicted molar refractivity (Wildman–Crippen MR) is 74.6 cm³/mol. The third kappa shape index (κ3) is 2.38. The first-order valence-corrected chi connectivity index (χ1v) is 6.46. The standard InChI is InChI=1S/C14H20N2O3/c1-8-3-4-16(12(8)7-17)10-5-9(2)13(15)11(6-10)14(18)19/h5-6,8,12,17H,3-4,7,15H2,1-2H3,(H,18,19). The van der Waals surface area contributed by atoms with E-state index < -0.39 is 5.97 Å². The summed E-state index contributed by atoms with van der Waals surface area (Å²) in [6.07, 6.45) is 0.997. The van der Waals surface area contributed by atoms with Crippen LogP contribution in [0.4, 0.5) is 11.4 Å². The van der Waals surface area contributed by atoms with Crippen LogP contribution in [0.1, 0.15) is 29.3 Å². The molecule has 1 heterocycles. The Morgan fingerprint density at radius 1 is 1.53 bits per heavy atom. The van der Waals surface area contributed by atoms with E-state index in [0.717, 1.165) is 24.2 Å². The van der Waals surface area contributed by atoms with Gasteiger partial charge in [0.2, 0.25) is 0 Å². The van der Waals surface area contributed by atoms with Crippen molar-refractivity contribution in [2.45, 2.75) is 26.3 Å². The Morgan fingerprint density at radius 3 is 2.79 bits per heavy atom. The fraction of sp³-hybridized carbons (Fsp3) is 0.500. The maximum absolute atomic E-state index is 11.2. The van der Waals surface area contributed by atoms with Crippen LogP contribution >= 0.6 is 0 Å². The van der Waals surface area contributed by atoms with Gasteiger partial charge in [-0.05, 0) is 37.0 Å². The Hall–Kier alpha value is -1.75. The number of carboxylic acids is 1. The molecule has 2 atom stereocenters. The lowest BCUT2D eigenvalue weighted by Crippen LogP contribution is -2.35. The van der Waals surface area contributed by atoms with E-state index in [1.165, 1.54) is 0 Å². The number of nitrogen functional groups attached to an aromatic ring is 1. The fourth-order valence-electron chi connectivity index (χ4n) is 2.73. The van der Waals surface area contributed by atoms with Gasteiger partial charge >= 0.3 is 5.97 Å². The van der Waals surface area contributed by atoms with Crippen LogP contribution < -0.4 is 10.6 Å². The van der Waals surface area contributed by atoms with E-state index in [-0.39, 0.29) is 18.2 Å². The number of carboxylic acid groups (broad SMARTS) is 1. The highest BCUT2D eigenvalue weighted by molar-refractivity contribution is 5.95. The van der Waals surface area contributed by atoms with Crippen molar-refractivity contribution < 1.29 is 15.0 Å². The molecule has 0 amide bonds. The van der Waals surface area contributed by atoms with Crippen molar-refractivity contribution in [2.24, 2.45) is 5.92 Å². The first-order valence-electron chi connectivity index (χ1n) is 6.46. The molecule has 0 aromatic heterocycles. The van der Waals surface area contributed by atoms with Crippen molar-refractivity contribution in [1.82, 2.24) is 0 Å². The van der Waals surface area contributed by atoms with Gasteiger partial charge in [-0.15, -0.1) is 0 Å². The van der Waals surface area contributed by atoms with Crippen molar-refractivity contribution in [2.75, 3.05) is 23.8 Å². The molecular weight excluding hydrogens is 244 g/mol. The zero-order valence-corrected chi connectivity index (χ0v) is 11.3. The van der Waals surface area contributed by atoms with Gasteiger partial charge in [-0.2, -0.15) is 0 Å². The highest BCUT2D eigenvalue weighted by Gasteiger charge is 2.31. The Kier molecular flexibility index (Phi) is 3.66. The molecule has 0 saturated carbocycles. The molecule has 4 N–H and O–H groups in total. The molecule has 2 rings (SSSR count). The summed E-state index contributed by atoms with van der Waals surface area (Å²) < 4.78 is 0. The second-order valence-corrected chi connectivity index (χ2v) is 5.24. The van der Waals surface area contributed by atoms with Gasteiger partial charge in [-0.25, -0.2) is 4.79 Å². The number of hydrogen-bond acceptors (Lipinski definition) is 4. The summed E-state index contributed by atoms with van der Waals surface area (Å²) in [5, 5.41) is 18.7. The van der Waals surface area contributed by atoms with Crippen molar-refractivity contribution in [3.05, 3.63) is 23.3 Å². The monoisotopic (exact) mass is 264 g/mol. The van der Waals surface area contributed by atoms with Gasteiger partial charge in [0.15, 0.2) is 0 Å². The largest absolute Gasteiger partial charge is 0.478 e. The molecule has 1 aromatic rings. The maximum Gasteiger partial charge on any atom is 0.337 e. The summed E-state index contributed by atoms with van der Waals surface area (Å²) in [5.74, 6) is -0.619. The zero-order valence-electron chi connectivity index (χ0n) is 11.3. The van der Waals surface area contributed by atoms with E-state index in [9.17, 15) is 15.0 Å². The molecule has 0 spiro atoms. The maximum atomic E-state index is 11.2. The summed E-state index contributed by atoms with van der Waals surface area (Å²) in [6.45, 7) is 4.81. The molecule has 1 aliphatic rings. The Bertz CT molecular complexity index is 502. The Morgan fingerprint density at radius 2 is 2.21 bits per heavy atom. The van der Waals surface area contributed by atoms with Gasteiger partial charge < -0.3 is 20.8 Å². The minimum atomic E-state index is -1.02. The molecule has 1 aliphatic heterocycles. The quantitative estimate of drug-likeness (QED) is 0.720. The van der Waals surface area contributed by atoms with Gasteiger partial charge in [0.1, 0.15) is 0 Å². The molecule has 5 heteroatoms. The third-order valence-electron chi connectivity index (χ3n) is 4.00. The van der Waals surface area contributed by atoms with Crippen LogP contribution in [0.15, 0.2) is 12.1 Å². The summed E-state index contributed by atoms with van der Waals surface area (Å²) in [6, 6.07) is 3.54. The van der Waals surface area contributed by atoms with E-state index in [1.807, 2.05) is 6.07 Å². The molecule has 0 radical (unpaired) electrons. The van der Waals surface area contributed by atoms with Crippen LogP contribution in [0.5, 0.6) is 0 Å². The number of nitrogens with zero attached hydrogens (tertiary/aromatic N) is 1. The average molecular weight is 264 g/mol. The van der Waals surface area contributed by atoms with Gasteiger partial charge in [-0.3, -0.25) is 0 Å². The number of aliphatic hydroxyl groups excluding tert-OH is 1. The number of rotatable bonds is 3. The van der Waals surface area contributed by atoms with Crippen LogP contribution in [0.2, 0.25) is 0 Å². The summed E-state index contributed by atoms with van der Waals surface area (Å²) in [5.41, 5.74) is 7.82. The van der Waals surface area contributed by atoms with E-state index in [1.54, 1.807) is 13.0 Å². The molecule has 2 unspecified atom stereocenters. The third-order valence-corrected chi connectivity index (χ3v) is 4.00. The molecule has 1 saturated heterocycles. The molecule has 104 valence electrons. The highest BCUT2D eigenvalue weighted by Crippen LogP contribution is 2.32. The van der Waals surface area contributed by atoms with Crippen LogP contribution in [0.3, 0.4) is 0 Å². The lowest BCUT2D eigenvalue weighted by atomic mass is 10.0. The van der Waals surface area contributed by atoms with Crippen molar-refractivity contribution >= 4 is 17.3 Å². The zero-order chi connectivity index (χ0) is 14.2. The van der Waals surface area contributed by atoms with Gasteiger partial charge in [-0.1, -0.05) is 6.92 Å². The lowest BCUT2D eigenvalue weighted by molar-refractivity contribution is 0.0698. The van der Waals surface area contributed by atoms with Crippen molar-refractivity contribution in [3.8, 4) is 0 Å². The lowest BCUT2D eigenvalue weighted by Gasteiger charge is -2.28. The summed E-state index contributed by atoms with van der Waals surface area (Å²) in [7, 11) is 0. The number of benzene rings is 1. The van der Waals surface area contributed by atoms with Crippen molar-refractivity contribution in [3.63, 3.8) is 0 Å². The fourth-order valence-corrected chi connectivity index (χ4v) is 2.73. The second-order valence-electron chi connectivity index (χ2n) is 5.24. The van der Waals surface area contributed by atoms with Crippen LogP contribution in [0.25, 0.3) is 0 Å². The van der Waals surface area contributed by atoms with E-state index in [4.69, 9.17) is 5.73 Å². The number of hydrogen-bond donors (Lipinski definition) is 3. The van der Waals surface area contributed by atoms with E-state index in [0.29, 0.717) is 11.6 Å². The number of aromatic carboxylic acids is 1. The molecular formula is C14H20N2O3. The van der Waals surface area contributed by atoms with Gasteiger partial charge in [0.05, 0.1) is 18.2 Å². The summed E-state index contributed by atoms with van der Waals surface area (Å²) >= 11 is 0. The highest BCUT2D eigenvalue weighted by atomic mass is 16.4. The Balaban J connectivity index is 2.43. The number of carbonyl (C=O) groups is 1.